The van der Waals surface area contributed by atoms with Crippen LogP contribution >= 0.6 is 15.9 Å². The Hall–Kier alpha value is -5.18. The third-order valence-corrected chi connectivity index (χ3v) is 10.1. The van der Waals surface area contributed by atoms with Gasteiger partial charge in [-0.2, -0.15) is 0 Å². The molecule has 45 heavy (non-hydrogen) atoms. The van der Waals surface area contributed by atoms with E-state index in [9.17, 15) is 0 Å². The summed E-state index contributed by atoms with van der Waals surface area (Å²) in [5.41, 5.74) is 13.6. The summed E-state index contributed by atoms with van der Waals surface area (Å²) in [7, 11) is 0. The zero-order valence-corrected chi connectivity index (χ0v) is 26.0. The van der Waals surface area contributed by atoms with Gasteiger partial charge in [-0.3, -0.25) is 0 Å². The van der Waals surface area contributed by atoms with Gasteiger partial charge in [-0.25, -0.2) is 0 Å². The Labute approximate surface area is 270 Å². The van der Waals surface area contributed by atoms with Gasteiger partial charge >= 0.3 is 0 Å². The molecule has 1 atom stereocenters. The van der Waals surface area contributed by atoms with Crippen LogP contribution in [0, 0.1) is 0 Å². The Morgan fingerprint density at radius 1 is 0.422 bits per heavy atom. The van der Waals surface area contributed by atoms with E-state index >= 15 is 0 Å². The molecule has 0 N–H and O–H groups in total. The summed E-state index contributed by atoms with van der Waals surface area (Å²) in [4.78, 5) is 0. The molecule has 7 aromatic carbocycles. The molecular formula is C43H27BrO. The minimum atomic E-state index is -0.477. The van der Waals surface area contributed by atoms with E-state index in [1.54, 1.807) is 0 Å². The van der Waals surface area contributed by atoms with E-state index in [0.29, 0.717) is 0 Å². The third kappa shape index (κ3) is 3.86. The summed E-state index contributed by atoms with van der Waals surface area (Å²) < 4.78 is 7.52. The van der Waals surface area contributed by atoms with Crippen molar-refractivity contribution in [2.75, 3.05) is 0 Å². The van der Waals surface area contributed by atoms with E-state index in [2.05, 4.69) is 168 Å². The van der Waals surface area contributed by atoms with E-state index in [4.69, 9.17) is 4.42 Å². The highest BCUT2D eigenvalue weighted by Crippen LogP contribution is 2.58. The number of halogens is 1. The lowest BCUT2D eigenvalue weighted by atomic mass is 9.67. The van der Waals surface area contributed by atoms with Crippen molar-refractivity contribution in [2.45, 2.75) is 5.41 Å². The fourth-order valence-corrected chi connectivity index (χ4v) is 8.07. The molecule has 1 unspecified atom stereocenters. The first-order chi connectivity index (χ1) is 22.2. The molecule has 1 heterocycles. The summed E-state index contributed by atoms with van der Waals surface area (Å²) in [6.45, 7) is 0. The van der Waals surface area contributed by atoms with Crippen LogP contribution in [-0.2, 0) is 5.41 Å². The van der Waals surface area contributed by atoms with Crippen LogP contribution in [0.5, 0.6) is 0 Å². The predicted octanol–water partition coefficient (Wildman–Crippen LogP) is 12.0. The Bertz CT molecular complexity index is 2370. The van der Waals surface area contributed by atoms with E-state index in [1.807, 2.05) is 12.1 Å². The van der Waals surface area contributed by atoms with Crippen LogP contribution in [0.15, 0.2) is 173 Å². The zero-order valence-electron chi connectivity index (χ0n) is 24.4. The van der Waals surface area contributed by atoms with Crippen molar-refractivity contribution >= 4 is 37.9 Å². The molecule has 0 bridgehead atoms. The fraction of sp³-hybridized carbons (Fsp3) is 0.0233. The van der Waals surface area contributed by atoms with Crippen LogP contribution in [0.1, 0.15) is 22.3 Å². The van der Waals surface area contributed by atoms with Gasteiger partial charge in [-0.1, -0.05) is 168 Å². The molecular weight excluding hydrogens is 612 g/mol. The van der Waals surface area contributed by atoms with Gasteiger partial charge in [0, 0.05) is 26.4 Å². The summed E-state index contributed by atoms with van der Waals surface area (Å²) >= 11 is 3.93. The maximum atomic E-state index is 6.41. The monoisotopic (exact) mass is 638 g/mol. The molecule has 0 aliphatic heterocycles. The van der Waals surface area contributed by atoms with E-state index in [-0.39, 0.29) is 0 Å². The van der Waals surface area contributed by atoms with Gasteiger partial charge in [0.2, 0.25) is 0 Å². The molecule has 9 rings (SSSR count). The van der Waals surface area contributed by atoms with Crippen molar-refractivity contribution < 1.29 is 4.42 Å². The van der Waals surface area contributed by atoms with Crippen LogP contribution in [-0.4, -0.2) is 0 Å². The molecule has 0 fully saturated rings. The van der Waals surface area contributed by atoms with Gasteiger partial charge in [-0.05, 0) is 56.6 Å². The minimum Gasteiger partial charge on any atom is -0.455 e. The highest BCUT2D eigenvalue weighted by atomic mass is 79.9. The van der Waals surface area contributed by atoms with Gasteiger partial charge < -0.3 is 4.42 Å². The van der Waals surface area contributed by atoms with Crippen molar-refractivity contribution in [1.82, 2.24) is 0 Å². The Balaban J connectivity index is 1.26. The summed E-state index contributed by atoms with van der Waals surface area (Å²) in [6.07, 6.45) is 0. The van der Waals surface area contributed by atoms with Gasteiger partial charge in [-0.15, -0.1) is 0 Å². The first kappa shape index (κ1) is 26.2. The SMILES string of the molecule is Brc1cccc2c1-c1ccccc1C2(c1ccc(-c2ccccc2)cc1)c1ccc(-c2cccc3c2oc2ccccc23)cc1. The van der Waals surface area contributed by atoms with Crippen LogP contribution < -0.4 is 0 Å². The van der Waals surface area contributed by atoms with Crippen molar-refractivity contribution in [2.24, 2.45) is 0 Å². The highest BCUT2D eigenvalue weighted by molar-refractivity contribution is 9.10. The van der Waals surface area contributed by atoms with Crippen molar-refractivity contribution in [3.63, 3.8) is 0 Å². The van der Waals surface area contributed by atoms with Crippen LogP contribution in [0.3, 0.4) is 0 Å². The number of benzene rings is 7. The molecule has 0 saturated carbocycles. The Kier molecular flexibility index (Phi) is 5.94. The maximum absolute atomic E-state index is 6.41. The second kappa shape index (κ2) is 10.2. The topological polar surface area (TPSA) is 13.1 Å². The first-order valence-corrected chi connectivity index (χ1v) is 16.1. The molecule has 1 aliphatic carbocycles. The van der Waals surface area contributed by atoms with Crippen LogP contribution in [0.25, 0.3) is 55.3 Å². The average Bonchev–Trinajstić information content (AvgIpc) is 3.64. The van der Waals surface area contributed by atoms with Crippen molar-refractivity contribution in [1.29, 1.82) is 0 Å². The molecule has 1 aromatic heterocycles. The molecule has 1 nitrogen and oxygen atoms in total. The lowest BCUT2D eigenvalue weighted by molar-refractivity contribution is 0.670. The Morgan fingerprint density at radius 2 is 1.00 bits per heavy atom. The Morgan fingerprint density at radius 3 is 1.80 bits per heavy atom. The van der Waals surface area contributed by atoms with E-state index < -0.39 is 5.41 Å². The molecule has 212 valence electrons. The van der Waals surface area contributed by atoms with Crippen LogP contribution in [0.2, 0.25) is 0 Å². The van der Waals surface area contributed by atoms with E-state index in [0.717, 1.165) is 37.5 Å². The number of hydrogen-bond acceptors (Lipinski definition) is 1. The summed E-state index contributed by atoms with van der Waals surface area (Å²) in [6, 6.07) is 59.1. The van der Waals surface area contributed by atoms with Crippen molar-refractivity contribution in [3.05, 3.63) is 191 Å². The summed E-state index contributed by atoms with van der Waals surface area (Å²) in [5.74, 6) is 0. The lowest BCUT2D eigenvalue weighted by Gasteiger charge is -2.34. The number of furan rings is 1. The minimum absolute atomic E-state index is 0.477. The normalized spacial score (nSPS) is 15.3. The first-order valence-electron chi connectivity index (χ1n) is 15.3. The second-order valence-corrected chi connectivity index (χ2v) is 12.6. The van der Waals surface area contributed by atoms with E-state index in [1.165, 1.54) is 44.5 Å². The highest BCUT2D eigenvalue weighted by Gasteiger charge is 2.46. The molecule has 0 saturated heterocycles. The van der Waals surface area contributed by atoms with Gasteiger partial charge in [0.25, 0.3) is 0 Å². The third-order valence-electron chi connectivity index (χ3n) is 9.48. The number of fused-ring (bicyclic) bond motifs is 6. The smallest absolute Gasteiger partial charge is 0.143 e. The quantitative estimate of drug-likeness (QED) is 0.187. The summed E-state index contributed by atoms with van der Waals surface area (Å²) in [5, 5.41) is 2.29. The van der Waals surface area contributed by atoms with Gasteiger partial charge in [0.05, 0.1) is 5.41 Å². The molecule has 1 aliphatic rings. The number of para-hydroxylation sites is 2. The molecule has 2 heteroatoms. The second-order valence-electron chi connectivity index (χ2n) is 11.8. The largest absolute Gasteiger partial charge is 0.455 e. The fourth-order valence-electron chi connectivity index (χ4n) is 7.49. The predicted molar refractivity (Wildman–Crippen MR) is 190 cm³/mol. The molecule has 0 amide bonds. The maximum Gasteiger partial charge on any atom is 0.143 e. The van der Waals surface area contributed by atoms with Crippen molar-refractivity contribution in [3.8, 4) is 33.4 Å². The molecule has 0 radical (unpaired) electrons. The molecule has 0 spiro atoms. The zero-order chi connectivity index (χ0) is 30.0. The number of rotatable bonds is 4. The average molecular weight is 640 g/mol. The molecule has 8 aromatic rings. The number of hydrogen-bond donors (Lipinski definition) is 0. The van der Waals surface area contributed by atoms with Gasteiger partial charge in [0.15, 0.2) is 0 Å². The van der Waals surface area contributed by atoms with Crippen LogP contribution in [0.4, 0.5) is 0 Å². The standard InChI is InChI=1S/C43H27BrO/c44-39-18-9-17-38-41(39)36-13-4-6-16-37(36)43(38,31-24-20-29(21-25-31)28-10-2-1-3-11-28)32-26-22-30(23-27-32)33-14-8-15-35-34-12-5-7-19-40(34)45-42(33)35/h1-27H. The van der Waals surface area contributed by atoms with Gasteiger partial charge in [0.1, 0.15) is 11.2 Å². The lowest BCUT2D eigenvalue weighted by Crippen LogP contribution is -2.28.